The minimum absolute atomic E-state index is 0.00827. The number of benzene rings is 1. The van der Waals surface area contributed by atoms with Crippen LogP contribution in [0.5, 0.6) is 0 Å². The fourth-order valence-electron chi connectivity index (χ4n) is 3.19. The van der Waals surface area contributed by atoms with Crippen molar-refractivity contribution in [3.05, 3.63) is 34.9 Å². The molecule has 1 atom stereocenters. The van der Waals surface area contributed by atoms with Gasteiger partial charge < -0.3 is 15.2 Å². The fraction of sp³-hybridized carbons (Fsp3) is 0.684. The number of ether oxygens (including phenoxy) is 1. The molecule has 0 spiro atoms. The highest BCUT2D eigenvalue weighted by molar-refractivity contribution is 6.30. The number of rotatable bonds is 8. The number of halogens is 1. The Morgan fingerprint density at radius 3 is 2.43 bits per heavy atom. The van der Waals surface area contributed by atoms with Crippen molar-refractivity contribution in [2.45, 2.75) is 45.6 Å². The number of aliphatic hydroxyl groups is 1. The Morgan fingerprint density at radius 2 is 1.87 bits per heavy atom. The average molecular weight is 340 g/mol. The van der Waals surface area contributed by atoms with Gasteiger partial charge in [0.2, 0.25) is 0 Å². The van der Waals surface area contributed by atoms with E-state index in [1.807, 2.05) is 12.1 Å². The second-order valence-electron chi connectivity index (χ2n) is 7.17. The van der Waals surface area contributed by atoms with Crippen LogP contribution in [-0.2, 0) is 11.2 Å². The highest BCUT2D eigenvalue weighted by Gasteiger charge is 2.32. The van der Waals surface area contributed by atoms with E-state index in [0.717, 1.165) is 50.5 Å². The van der Waals surface area contributed by atoms with Crippen LogP contribution < -0.4 is 5.32 Å². The van der Waals surface area contributed by atoms with Crippen molar-refractivity contribution in [1.29, 1.82) is 0 Å². The van der Waals surface area contributed by atoms with Crippen LogP contribution in [0.4, 0.5) is 0 Å². The summed E-state index contributed by atoms with van der Waals surface area (Å²) in [6.45, 7) is 7.16. The van der Waals surface area contributed by atoms with E-state index < -0.39 is 0 Å². The van der Waals surface area contributed by atoms with E-state index in [1.165, 1.54) is 5.56 Å². The molecule has 0 bridgehead atoms. The van der Waals surface area contributed by atoms with E-state index in [2.05, 4.69) is 31.3 Å². The van der Waals surface area contributed by atoms with Gasteiger partial charge >= 0.3 is 0 Å². The summed E-state index contributed by atoms with van der Waals surface area (Å²) >= 11 is 5.95. The summed E-state index contributed by atoms with van der Waals surface area (Å²) in [4.78, 5) is 0. The number of aliphatic hydroxyl groups excluding tert-OH is 1. The molecule has 1 fully saturated rings. The van der Waals surface area contributed by atoms with Gasteiger partial charge in [-0.1, -0.05) is 37.6 Å². The maximum Gasteiger partial charge on any atom is 0.0501 e. The van der Waals surface area contributed by atoms with Crippen LogP contribution in [0.15, 0.2) is 24.3 Å². The lowest BCUT2D eigenvalue weighted by Gasteiger charge is -2.37. The first-order valence-corrected chi connectivity index (χ1v) is 9.09. The van der Waals surface area contributed by atoms with Crippen molar-refractivity contribution in [1.82, 2.24) is 5.32 Å². The molecular weight excluding hydrogens is 310 g/mol. The molecule has 0 radical (unpaired) electrons. The highest BCUT2D eigenvalue weighted by Crippen LogP contribution is 2.29. The van der Waals surface area contributed by atoms with Crippen LogP contribution in [0.25, 0.3) is 0 Å². The molecule has 1 saturated heterocycles. The summed E-state index contributed by atoms with van der Waals surface area (Å²) in [5.41, 5.74) is 1.32. The van der Waals surface area contributed by atoms with E-state index in [9.17, 15) is 5.11 Å². The third kappa shape index (κ3) is 5.75. The van der Waals surface area contributed by atoms with Gasteiger partial charge in [0.25, 0.3) is 0 Å². The molecule has 1 unspecified atom stereocenters. The van der Waals surface area contributed by atoms with Crippen LogP contribution >= 0.6 is 11.6 Å². The first-order chi connectivity index (χ1) is 11.0. The summed E-state index contributed by atoms with van der Waals surface area (Å²) in [6.07, 6.45) is 4.02. The summed E-state index contributed by atoms with van der Waals surface area (Å²) in [5.74, 6) is 0.567. The Labute approximate surface area is 145 Å². The number of aryl methyl sites for hydroxylation is 1. The third-order valence-electron chi connectivity index (χ3n) is 5.09. The molecule has 1 aliphatic heterocycles. The van der Waals surface area contributed by atoms with Gasteiger partial charge in [-0.2, -0.15) is 0 Å². The molecular formula is C19H30ClNO2. The second-order valence-corrected chi connectivity index (χ2v) is 7.60. The summed E-state index contributed by atoms with van der Waals surface area (Å²) in [6, 6.07) is 8.58. The smallest absolute Gasteiger partial charge is 0.0501 e. The molecule has 1 aliphatic rings. The zero-order valence-electron chi connectivity index (χ0n) is 14.4. The van der Waals surface area contributed by atoms with Crippen LogP contribution in [-0.4, -0.2) is 37.5 Å². The van der Waals surface area contributed by atoms with E-state index in [4.69, 9.17) is 16.3 Å². The van der Waals surface area contributed by atoms with Gasteiger partial charge in [-0.3, -0.25) is 0 Å². The van der Waals surface area contributed by atoms with Crippen LogP contribution in [0.2, 0.25) is 5.02 Å². The zero-order valence-corrected chi connectivity index (χ0v) is 15.1. The van der Waals surface area contributed by atoms with Gasteiger partial charge in [-0.05, 0) is 49.3 Å². The first kappa shape index (κ1) is 18.7. The van der Waals surface area contributed by atoms with Gasteiger partial charge in [0.1, 0.15) is 0 Å². The molecule has 23 heavy (non-hydrogen) atoms. The maximum atomic E-state index is 9.82. The lowest BCUT2D eigenvalue weighted by molar-refractivity contribution is -0.0173. The second kappa shape index (κ2) is 9.03. The maximum absolute atomic E-state index is 9.82. The molecule has 2 rings (SSSR count). The van der Waals surface area contributed by atoms with Crippen LogP contribution in [0.3, 0.4) is 0 Å². The first-order valence-electron chi connectivity index (χ1n) is 8.71. The summed E-state index contributed by atoms with van der Waals surface area (Å²) < 4.78 is 5.45. The van der Waals surface area contributed by atoms with Crippen molar-refractivity contribution >= 4 is 11.6 Å². The van der Waals surface area contributed by atoms with Crippen molar-refractivity contribution in [2.24, 2.45) is 11.3 Å². The molecule has 4 heteroatoms. The van der Waals surface area contributed by atoms with E-state index >= 15 is 0 Å². The molecule has 1 aromatic rings. The summed E-state index contributed by atoms with van der Waals surface area (Å²) in [5, 5.41) is 14.3. The van der Waals surface area contributed by atoms with Gasteiger partial charge in [-0.15, -0.1) is 0 Å². The fourth-order valence-corrected chi connectivity index (χ4v) is 3.31. The lowest BCUT2D eigenvalue weighted by Crippen LogP contribution is -2.46. The molecule has 0 aromatic heterocycles. The minimum Gasteiger partial charge on any atom is -0.396 e. The Morgan fingerprint density at radius 1 is 1.22 bits per heavy atom. The third-order valence-corrected chi connectivity index (χ3v) is 5.34. The predicted molar refractivity (Wildman–Crippen MR) is 96.0 cm³/mol. The molecule has 1 aromatic carbocycles. The minimum atomic E-state index is -0.00827. The SMILES string of the molecule is CC(C)C(CCc1ccc(Cl)cc1)NCC1(CO)CCOCC1. The van der Waals surface area contributed by atoms with Gasteiger partial charge in [0, 0.05) is 36.2 Å². The van der Waals surface area contributed by atoms with Crippen molar-refractivity contribution < 1.29 is 9.84 Å². The normalized spacial score (nSPS) is 19.0. The molecule has 3 nitrogen and oxygen atoms in total. The van der Waals surface area contributed by atoms with Crippen molar-refractivity contribution in [2.75, 3.05) is 26.4 Å². The van der Waals surface area contributed by atoms with Gasteiger partial charge in [-0.25, -0.2) is 0 Å². The van der Waals surface area contributed by atoms with Crippen LogP contribution in [0.1, 0.15) is 38.7 Å². The van der Waals surface area contributed by atoms with Gasteiger partial charge in [0.15, 0.2) is 0 Å². The highest BCUT2D eigenvalue weighted by atomic mass is 35.5. The van der Waals surface area contributed by atoms with Crippen molar-refractivity contribution in [3.8, 4) is 0 Å². The molecule has 2 N–H and O–H groups in total. The Balaban J connectivity index is 1.86. The van der Waals surface area contributed by atoms with Gasteiger partial charge in [0.05, 0.1) is 6.61 Å². The van der Waals surface area contributed by atoms with E-state index in [-0.39, 0.29) is 12.0 Å². The Bertz CT molecular complexity index is 455. The molecule has 0 aliphatic carbocycles. The monoisotopic (exact) mass is 339 g/mol. The number of hydrogen-bond acceptors (Lipinski definition) is 3. The average Bonchev–Trinajstić information content (AvgIpc) is 2.57. The topological polar surface area (TPSA) is 41.5 Å². The van der Waals surface area contributed by atoms with Crippen LogP contribution in [0, 0.1) is 11.3 Å². The quantitative estimate of drug-likeness (QED) is 0.759. The Kier molecular flexibility index (Phi) is 7.35. The molecule has 0 saturated carbocycles. The zero-order chi connectivity index (χ0) is 16.7. The molecule has 1 heterocycles. The molecule has 130 valence electrons. The van der Waals surface area contributed by atoms with E-state index in [0.29, 0.717) is 12.0 Å². The molecule has 0 amide bonds. The van der Waals surface area contributed by atoms with Crippen molar-refractivity contribution in [3.63, 3.8) is 0 Å². The predicted octanol–water partition coefficient (Wildman–Crippen LogP) is 3.68. The van der Waals surface area contributed by atoms with E-state index in [1.54, 1.807) is 0 Å². The lowest BCUT2D eigenvalue weighted by atomic mass is 9.80. The number of nitrogens with one attached hydrogen (secondary N) is 1. The Hall–Kier alpha value is -0.610. The number of hydrogen-bond donors (Lipinski definition) is 2. The largest absolute Gasteiger partial charge is 0.396 e. The summed E-state index contributed by atoms with van der Waals surface area (Å²) in [7, 11) is 0. The standard InChI is InChI=1S/C19H30ClNO2/c1-15(2)18(8-5-16-3-6-17(20)7-4-16)21-13-19(14-22)9-11-23-12-10-19/h3-4,6-7,15,18,21-22H,5,8-14H2,1-2H3.